The third-order valence-electron chi connectivity index (χ3n) is 4.34. The second kappa shape index (κ2) is 8.63. The fraction of sp³-hybridized carbons (Fsp3) is 0.368. The van der Waals surface area contributed by atoms with Gasteiger partial charge in [-0.1, -0.05) is 19.4 Å². The number of aromatic nitrogens is 4. The smallest absolute Gasteiger partial charge is 0.320 e. The Morgan fingerprint density at radius 3 is 2.76 bits per heavy atom. The molecule has 3 rings (SSSR count). The van der Waals surface area contributed by atoms with E-state index in [4.69, 9.17) is 20.3 Å². The highest BCUT2D eigenvalue weighted by Crippen LogP contribution is 2.28. The van der Waals surface area contributed by atoms with Gasteiger partial charge in [-0.2, -0.15) is 15.0 Å². The Kier molecular flexibility index (Phi) is 6.01. The van der Waals surface area contributed by atoms with Gasteiger partial charge in [0.25, 0.3) is 6.01 Å². The van der Waals surface area contributed by atoms with Crippen LogP contribution in [0.1, 0.15) is 30.9 Å². The summed E-state index contributed by atoms with van der Waals surface area (Å²) in [6.07, 6.45) is 1.68. The highest BCUT2D eigenvalue weighted by Gasteiger charge is 2.19. The van der Waals surface area contributed by atoms with Crippen molar-refractivity contribution >= 4 is 23.0 Å². The molecule has 0 saturated heterocycles. The summed E-state index contributed by atoms with van der Waals surface area (Å²) in [4.78, 5) is 23.5. The number of carboxylic acids is 1. The van der Waals surface area contributed by atoms with E-state index in [1.54, 1.807) is 18.2 Å². The van der Waals surface area contributed by atoms with E-state index < -0.39 is 5.97 Å². The van der Waals surface area contributed by atoms with Crippen LogP contribution in [0, 0.1) is 0 Å². The maximum absolute atomic E-state index is 11.0. The number of anilines is 1. The molecule has 0 atom stereocenters. The van der Waals surface area contributed by atoms with E-state index in [1.165, 1.54) is 11.7 Å². The van der Waals surface area contributed by atoms with Crippen LogP contribution in [0.4, 0.5) is 5.82 Å². The standard InChI is InChI=1S/C19H23N5O5/c1-3-4-7-29-18-22-16(20)15-17(23-18)24(19(27)21-15)10-12-8-11(9-14(25)26)5-6-13(12)28-2/h5-6,8H,3-4,7,9-10H2,1-2H3,(H,21,27)(H,25,26)(H2,20,22,23). The Balaban J connectivity index is 2.01. The number of fused-ring (bicyclic) bond motifs is 1. The zero-order valence-electron chi connectivity index (χ0n) is 16.3. The number of nitrogen functional groups attached to an aromatic ring is 1. The molecule has 3 aromatic rings. The number of carboxylic acid groups (broad SMARTS) is 1. The van der Waals surface area contributed by atoms with Crippen molar-refractivity contribution in [2.45, 2.75) is 32.7 Å². The van der Waals surface area contributed by atoms with Crippen LogP contribution in [0.15, 0.2) is 18.2 Å². The molecule has 1 aromatic carbocycles. The van der Waals surface area contributed by atoms with E-state index >= 15 is 0 Å². The van der Waals surface area contributed by atoms with Crippen LogP contribution in [0.25, 0.3) is 11.2 Å². The molecule has 0 aliphatic rings. The van der Waals surface area contributed by atoms with E-state index in [-0.39, 0.29) is 36.3 Å². The number of nitrogens with two attached hydrogens (primary N) is 1. The summed E-state index contributed by atoms with van der Waals surface area (Å²) in [6, 6.07) is 4.89. The number of ether oxygens (including phenoxy) is 2. The van der Waals surface area contributed by atoms with E-state index in [9.17, 15) is 9.90 Å². The molecule has 0 radical (unpaired) electrons. The molecule has 0 saturated carbocycles. The van der Waals surface area contributed by atoms with E-state index in [2.05, 4.69) is 15.0 Å². The number of aliphatic carboxylic acids is 1. The summed E-state index contributed by atoms with van der Waals surface area (Å²) in [6.45, 7) is 2.64. The number of rotatable bonds is 9. The van der Waals surface area contributed by atoms with Gasteiger partial charge in [-0.3, -0.25) is 9.36 Å². The minimum Gasteiger partial charge on any atom is -0.496 e. The second-order valence-electron chi connectivity index (χ2n) is 6.48. The number of hydrogen-bond donors (Lipinski definition) is 3. The lowest BCUT2D eigenvalue weighted by atomic mass is 10.1. The molecule has 29 heavy (non-hydrogen) atoms. The highest BCUT2D eigenvalue weighted by molar-refractivity contribution is 5.83. The van der Waals surface area contributed by atoms with Crippen LogP contribution in [0.5, 0.6) is 17.8 Å². The van der Waals surface area contributed by atoms with Crippen LogP contribution in [0.3, 0.4) is 0 Å². The lowest BCUT2D eigenvalue weighted by Crippen LogP contribution is -2.07. The van der Waals surface area contributed by atoms with Crippen molar-refractivity contribution in [3.8, 4) is 17.8 Å². The normalized spacial score (nSPS) is 11.0. The summed E-state index contributed by atoms with van der Waals surface area (Å²) in [5.74, 6) is -0.296. The van der Waals surface area contributed by atoms with Crippen LogP contribution < -0.4 is 15.2 Å². The average molecular weight is 401 g/mol. The van der Waals surface area contributed by atoms with Crippen LogP contribution >= 0.6 is 0 Å². The largest absolute Gasteiger partial charge is 0.496 e. The predicted octanol–water partition coefficient (Wildman–Crippen LogP) is 1.98. The number of nitrogens with zero attached hydrogens (tertiary/aromatic N) is 4. The zero-order chi connectivity index (χ0) is 21.0. The van der Waals surface area contributed by atoms with Crippen molar-refractivity contribution in [2.24, 2.45) is 0 Å². The number of benzene rings is 1. The van der Waals surface area contributed by atoms with E-state index in [0.717, 1.165) is 12.8 Å². The molecular weight excluding hydrogens is 378 g/mol. The Hall–Kier alpha value is -3.56. The van der Waals surface area contributed by atoms with Gasteiger partial charge in [0.05, 0.1) is 26.7 Å². The van der Waals surface area contributed by atoms with Crippen molar-refractivity contribution in [3.63, 3.8) is 0 Å². The second-order valence-corrected chi connectivity index (χ2v) is 6.48. The topological polar surface area (TPSA) is 146 Å². The summed E-state index contributed by atoms with van der Waals surface area (Å²) < 4.78 is 12.4. The zero-order valence-corrected chi connectivity index (χ0v) is 16.3. The first-order chi connectivity index (χ1) is 13.9. The molecule has 0 fully saturated rings. The van der Waals surface area contributed by atoms with Gasteiger partial charge < -0.3 is 25.4 Å². The molecule has 0 bridgehead atoms. The van der Waals surface area contributed by atoms with Crippen molar-refractivity contribution in [2.75, 3.05) is 19.5 Å². The van der Waals surface area contributed by atoms with E-state index in [1.807, 2.05) is 6.92 Å². The minimum absolute atomic E-state index is 0.0992. The minimum atomic E-state index is -0.938. The van der Waals surface area contributed by atoms with Crippen LogP contribution in [0.2, 0.25) is 0 Å². The first-order valence-electron chi connectivity index (χ1n) is 9.16. The number of methoxy groups -OCH3 is 1. The summed E-state index contributed by atoms with van der Waals surface area (Å²) in [5.41, 5.74) is 7.80. The summed E-state index contributed by atoms with van der Waals surface area (Å²) in [7, 11) is 1.52. The highest BCUT2D eigenvalue weighted by atomic mass is 16.5. The van der Waals surface area contributed by atoms with Gasteiger partial charge in [0.2, 0.25) is 0 Å². The number of imidazole rings is 1. The van der Waals surface area contributed by atoms with Gasteiger partial charge in [0.1, 0.15) is 5.75 Å². The molecule has 0 unspecified atom stereocenters. The molecule has 4 N–H and O–H groups in total. The SMILES string of the molecule is CCCCOc1nc(N)c2nc(O)n(Cc3cc(CC(=O)O)ccc3OC)c2n1. The molecule has 154 valence electrons. The van der Waals surface area contributed by atoms with Crippen LogP contribution in [-0.2, 0) is 17.8 Å². The quantitative estimate of drug-likeness (QED) is 0.458. The Labute approximate surface area is 166 Å². The fourth-order valence-electron chi connectivity index (χ4n) is 2.92. The Bertz CT molecular complexity index is 1030. The van der Waals surface area contributed by atoms with Crippen molar-refractivity contribution in [1.82, 2.24) is 19.5 Å². The Morgan fingerprint density at radius 1 is 1.28 bits per heavy atom. The molecule has 10 heteroatoms. The van der Waals surface area contributed by atoms with Crippen molar-refractivity contribution < 1.29 is 24.5 Å². The number of carbonyl (C=O) groups is 1. The van der Waals surface area contributed by atoms with Crippen molar-refractivity contribution in [3.05, 3.63) is 29.3 Å². The first kappa shape index (κ1) is 20.2. The van der Waals surface area contributed by atoms with Gasteiger partial charge in [0.15, 0.2) is 17.0 Å². The maximum Gasteiger partial charge on any atom is 0.320 e. The van der Waals surface area contributed by atoms with Crippen LogP contribution in [-0.4, -0.2) is 49.4 Å². The maximum atomic E-state index is 11.0. The van der Waals surface area contributed by atoms with Gasteiger partial charge in [0, 0.05) is 5.56 Å². The van der Waals surface area contributed by atoms with Gasteiger partial charge in [-0.15, -0.1) is 0 Å². The number of hydrogen-bond acceptors (Lipinski definition) is 8. The van der Waals surface area contributed by atoms with E-state index in [0.29, 0.717) is 29.1 Å². The molecule has 0 aliphatic heterocycles. The summed E-state index contributed by atoms with van der Waals surface area (Å²) in [5, 5.41) is 19.4. The van der Waals surface area contributed by atoms with Gasteiger partial charge in [-0.05, 0) is 24.1 Å². The molecule has 0 amide bonds. The predicted molar refractivity (Wildman–Crippen MR) is 105 cm³/mol. The molecule has 10 nitrogen and oxygen atoms in total. The summed E-state index contributed by atoms with van der Waals surface area (Å²) >= 11 is 0. The average Bonchev–Trinajstić information content (AvgIpc) is 2.98. The van der Waals surface area contributed by atoms with Gasteiger partial charge >= 0.3 is 12.0 Å². The number of aromatic hydroxyl groups is 1. The lowest BCUT2D eigenvalue weighted by molar-refractivity contribution is -0.136. The third-order valence-corrected chi connectivity index (χ3v) is 4.34. The molecule has 0 aliphatic carbocycles. The van der Waals surface area contributed by atoms with Crippen molar-refractivity contribution in [1.29, 1.82) is 0 Å². The Morgan fingerprint density at radius 2 is 2.07 bits per heavy atom. The molecule has 2 heterocycles. The fourth-order valence-corrected chi connectivity index (χ4v) is 2.92. The first-order valence-corrected chi connectivity index (χ1v) is 9.16. The molecule has 0 spiro atoms. The molecular formula is C19H23N5O5. The third kappa shape index (κ3) is 4.48. The molecule has 2 aromatic heterocycles. The van der Waals surface area contributed by atoms with Gasteiger partial charge in [-0.25, -0.2) is 0 Å². The monoisotopic (exact) mass is 401 g/mol. The number of unbranched alkanes of at least 4 members (excludes halogenated alkanes) is 1. The lowest BCUT2D eigenvalue weighted by Gasteiger charge is -2.12.